The molecule has 0 aliphatic rings. The highest BCUT2D eigenvalue weighted by Crippen LogP contribution is 2.20. The summed E-state index contributed by atoms with van der Waals surface area (Å²) in [5, 5.41) is 19.1. The van der Waals surface area contributed by atoms with Crippen LogP contribution in [0.5, 0.6) is 5.75 Å². The van der Waals surface area contributed by atoms with Crippen LogP contribution in [-0.4, -0.2) is 22.0 Å². The van der Waals surface area contributed by atoms with Gasteiger partial charge in [0.1, 0.15) is 5.75 Å². The van der Waals surface area contributed by atoms with Crippen LogP contribution in [0.2, 0.25) is 5.02 Å². The van der Waals surface area contributed by atoms with Crippen molar-refractivity contribution < 1.29 is 19.8 Å². The Kier molecular flexibility index (Phi) is 4.40. The van der Waals surface area contributed by atoms with Crippen LogP contribution >= 0.6 is 11.6 Å². The number of aromatic carboxylic acids is 1. The molecule has 0 saturated carbocycles. The molecule has 0 bridgehead atoms. The molecule has 0 aliphatic heterocycles. The predicted octanol–water partition coefficient (Wildman–Crippen LogP) is 3.64. The van der Waals surface area contributed by atoms with E-state index in [1.807, 2.05) is 0 Å². The van der Waals surface area contributed by atoms with Crippen molar-refractivity contribution in [1.82, 2.24) is 0 Å². The van der Waals surface area contributed by atoms with Gasteiger partial charge in [-0.3, -0.25) is 4.79 Å². The van der Waals surface area contributed by atoms with Crippen molar-refractivity contribution in [2.75, 3.05) is 0 Å². The van der Waals surface area contributed by atoms with E-state index in [0.29, 0.717) is 5.02 Å². The highest BCUT2D eigenvalue weighted by molar-refractivity contribution is 6.30. The molecule has 106 valence electrons. The minimum Gasteiger partial charge on any atom is -0.507 e. The summed E-state index contributed by atoms with van der Waals surface area (Å²) in [4.78, 5) is 22.9. The third kappa shape index (κ3) is 3.70. The van der Waals surface area contributed by atoms with Crippen LogP contribution in [0.15, 0.2) is 48.5 Å². The summed E-state index contributed by atoms with van der Waals surface area (Å²) < 4.78 is 0. The summed E-state index contributed by atoms with van der Waals surface area (Å²) in [6, 6.07) is 10.4. The summed E-state index contributed by atoms with van der Waals surface area (Å²) >= 11 is 5.76. The molecule has 2 rings (SSSR count). The van der Waals surface area contributed by atoms with E-state index in [4.69, 9.17) is 16.7 Å². The summed E-state index contributed by atoms with van der Waals surface area (Å²) in [5.41, 5.74) is 0.651. The first-order chi connectivity index (χ1) is 9.97. The van der Waals surface area contributed by atoms with Gasteiger partial charge in [-0.15, -0.1) is 0 Å². The van der Waals surface area contributed by atoms with E-state index in [1.54, 1.807) is 30.3 Å². The normalized spacial score (nSPS) is 10.7. The molecule has 5 heteroatoms. The molecule has 0 spiro atoms. The van der Waals surface area contributed by atoms with Gasteiger partial charge in [0.25, 0.3) is 0 Å². The Morgan fingerprint density at radius 1 is 1.05 bits per heavy atom. The second-order valence-electron chi connectivity index (χ2n) is 4.29. The van der Waals surface area contributed by atoms with Crippen LogP contribution in [0.4, 0.5) is 0 Å². The monoisotopic (exact) mass is 302 g/mol. The zero-order valence-electron chi connectivity index (χ0n) is 10.8. The molecular weight excluding hydrogens is 292 g/mol. The van der Waals surface area contributed by atoms with Gasteiger partial charge in [0.15, 0.2) is 5.78 Å². The van der Waals surface area contributed by atoms with E-state index < -0.39 is 11.8 Å². The summed E-state index contributed by atoms with van der Waals surface area (Å²) in [6.45, 7) is 0. The molecular formula is C16H11ClO4. The lowest BCUT2D eigenvalue weighted by molar-refractivity contribution is 0.0697. The smallest absolute Gasteiger partial charge is 0.335 e. The SMILES string of the molecule is O=C(O)c1ccc(O)c(C(=O)/C=C/c2ccc(Cl)cc2)c1. The third-order valence-corrected chi connectivity index (χ3v) is 3.06. The Morgan fingerprint density at radius 2 is 1.71 bits per heavy atom. The number of phenols is 1. The fraction of sp³-hybridized carbons (Fsp3) is 0. The van der Waals surface area contributed by atoms with Crippen LogP contribution in [0.3, 0.4) is 0 Å². The maximum absolute atomic E-state index is 12.0. The summed E-state index contributed by atoms with van der Waals surface area (Å²) in [5.74, 6) is -1.90. The number of allylic oxidation sites excluding steroid dienone is 1. The number of ketones is 1. The molecule has 0 fully saturated rings. The van der Waals surface area contributed by atoms with Gasteiger partial charge in [0.2, 0.25) is 0 Å². The van der Waals surface area contributed by atoms with Crippen molar-refractivity contribution in [2.45, 2.75) is 0 Å². The van der Waals surface area contributed by atoms with Gasteiger partial charge in [-0.25, -0.2) is 4.79 Å². The van der Waals surface area contributed by atoms with E-state index in [2.05, 4.69) is 0 Å². The van der Waals surface area contributed by atoms with Crippen molar-refractivity contribution in [3.8, 4) is 5.75 Å². The van der Waals surface area contributed by atoms with Gasteiger partial charge in [0, 0.05) is 5.02 Å². The van der Waals surface area contributed by atoms with Gasteiger partial charge >= 0.3 is 5.97 Å². The number of hydrogen-bond acceptors (Lipinski definition) is 3. The zero-order valence-corrected chi connectivity index (χ0v) is 11.5. The second-order valence-corrected chi connectivity index (χ2v) is 4.72. The topological polar surface area (TPSA) is 74.6 Å². The number of aromatic hydroxyl groups is 1. The lowest BCUT2D eigenvalue weighted by atomic mass is 10.0. The predicted molar refractivity (Wildman–Crippen MR) is 79.9 cm³/mol. The van der Waals surface area contributed by atoms with Gasteiger partial charge in [-0.1, -0.05) is 29.8 Å². The number of carbonyl (C=O) groups excluding carboxylic acids is 1. The van der Waals surface area contributed by atoms with E-state index >= 15 is 0 Å². The number of halogens is 1. The zero-order chi connectivity index (χ0) is 15.4. The van der Waals surface area contributed by atoms with Crippen LogP contribution in [0.25, 0.3) is 6.08 Å². The first kappa shape index (κ1) is 14.8. The molecule has 0 aliphatic carbocycles. The average Bonchev–Trinajstić information content (AvgIpc) is 2.46. The maximum atomic E-state index is 12.0. The Morgan fingerprint density at radius 3 is 2.33 bits per heavy atom. The lowest BCUT2D eigenvalue weighted by Crippen LogP contribution is -2.01. The second kappa shape index (κ2) is 6.24. The highest BCUT2D eigenvalue weighted by atomic mass is 35.5. The minimum atomic E-state index is -1.16. The van der Waals surface area contributed by atoms with Gasteiger partial charge in [-0.2, -0.15) is 0 Å². The van der Waals surface area contributed by atoms with Crippen LogP contribution in [0, 0.1) is 0 Å². The molecule has 0 amide bonds. The molecule has 2 aromatic carbocycles. The highest BCUT2D eigenvalue weighted by Gasteiger charge is 2.12. The lowest BCUT2D eigenvalue weighted by Gasteiger charge is -2.02. The van der Waals surface area contributed by atoms with E-state index in [-0.39, 0.29) is 16.9 Å². The molecule has 21 heavy (non-hydrogen) atoms. The fourth-order valence-corrected chi connectivity index (χ4v) is 1.83. The number of phenolic OH excluding ortho intramolecular Hbond substituents is 1. The molecule has 0 atom stereocenters. The number of carboxylic acid groups (broad SMARTS) is 1. The van der Waals surface area contributed by atoms with Gasteiger partial charge < -0.3 is 10.2 Å². The maximum Gasteiger partial charge on any atom is 0.335 e. The van der Waals surface area contributed by atoms with Crippen molar-refractivity contribution in [2.24, 2.45) is 0 Å². The fourth-order valence-electron chi connectivity index (χ4n) is 1.70. The largest absolute Gasteiger partial charge is 0.507 e. The first-order valence-electron chi connectivity index (χ1n) is 6.01. The summed E-state index contributed by atoms with van der Waals surface area (Å²) in [7, 11) is 0. The first-order valence-corrected chi connectivity index (χ1v) is 6.39. The Labute approximate surface area is 125 Å². The molecule has 2 N–H and O–H groups in total. The Balaban J connectivity index is 2.25. The molecule has 0 heterocycles. The van der Waals surface area contributed by atoms with E-state index in [1.165, 1.54) is 18.2 Å². The quantitative estimate of drug-likeness (QED) is 0.668. The van der Waals surface area contributed by atoms with Crippen LogP contribution in [0.1, 0.15) is 26.3 Å². The Bertz CT molecular complexity index is 718. The summed E-state index contributed by atoms with van der Waals surface area (Å²) in [6.07, 6.45) is 2.83. The molecule has 0 unspecified atom stereocenters. The van der Waals surface area contributed by atoms with Crippen molar-refractivity contribution in [3.63, 3.8) is 0 Å². The standard InChI is InChI=1S/C16H11ClO4/c17-12-5-1-10(2-6-12)3-7-14(18)13-9-11(16(20)21)4-8-15(13)19/h1-9,19H,(H,20,21)/b7-3+. The molecule has 0 aromatic heterocycles. The van der Waals surface area contributed by atoms with Crippen molar-refractivity contribution in [3.05, 3.63) is 70.3 Å². The minimum absolute atomic E-state index is 0.0555. The number of carboxylic acids is 1. The van der Waals surface area contributed by atoms with E-state index in [0.717, 1.165) is 11.6 Å². The number of hydrogen-bond donors (Lipinski definition) is 2. The van der Waals surface area contributed by atoms with Crippen LogP contribution in [-0.2, 0) is 0 Å². The average molecular weight is 303 g/mol. The van der Waals surface area contributed by atoms with Gasteiger partial charge in [0.05, 0.1) is 11.1 Å². The number of rotatable bonds is 4. The Hall–Kier alpha value is -2.59. The molecule has 0 saturated heterocycles. The molecule has 0 radical (unpaired) electrons. The molecule has 4 nitrogen and oxygen atoms in total. The van der Waals surface area contributed by atoms with Crippen LogP contribution < -0.4 is 0 Å². The molecule has 2 aromatic rings. The third-order valence-electron chi connectivity index (χ3n) is 2.81. The van der Waals surface area contributed by atoms with Crippen molar-refractivity contribution >= 4 is 29.4 Å². The van der Waals surface area contributed by atoms with Gasteiger partial charge in [-0.05, 0) is 42.0 Å². The van der Waals surface area contributed by atoms with E-state index in [9.17, 15) is 14.7 Å². The number of benzene rings is 2. The number of carbonyl (C=O) groups is 2. The van der Waals surface area contributed by atoms with Crippen molar-refractivity contribution in [1.29, 1.82) is 0 Å².